The fourth-order valence-electron chi connectivity index (χ4n) is 3.92. The zero-order chi connectivity index (χ0) is 24.9. The molecule has 35 heavy (non-hydrogen) atoms. The minimum Gasteiger partial charge on any atom is -0.319 e. The van der Waals surface area contributed by atoms with Crippen LogP contribution in [0.15, 0.2) is 54.9 Å². The number of carbonyl (C=O) groups is 1. The average Bonchev–Trinajstić information content (AvgIpc) is 3.29. The van der Waals surface area contributed by atoms with E-state index in [1.54, 1.807) is 12.1 Å². The van der Waals surface area contributed by atoms with Crippen molar-refractivity contribution in [2.24, 2.45) is 7.05 Å². The predicted molar refractivity (Wildman–Crippen MR) is 121 cm³/mol. The minimum atomic E-state index is -4.59. The Morgan fingerprint density at radius 3 is 2.57 bits per heavy atom. The summed E-state index contributed by atoms with van der Waals surface area (Å²) in [7, 11) is 1.82. The number of aromatic nitrogens is 5. The molecule has 0 saturated heterocycles. The lowest BCUT2D eigenvalue weighted by molar-refractivity contribution is -0.137. The molecule has 7 nitrogen and oxygen atoms in total. The van der Waals surface area contributed by atoms with Crippen LogP contribution in [0.4, 0.5) is 23.2 Å². The van der Waals surface area contributed by atoms with Crippen LogP contribution in [0.25, 0.3) is 22.2 Å². The van der Waals surface area contributed by atoms with Gasteiger partial charge in [-0.2, -0.15) is 13.2 Å². The Labute approximate surface area is 196 Å². The summed E-state index contributed by atoms with van der Waals surface area (Å²) in [4.78, 5) is 25.9. The second kappa shape index (κ2) is 8.19. The van der Waals surface area contributed by atoms with Gasteiger partial charge >= 0.3 is 6.18 Å². The van der Waals surface area contributed by atoms with E-state index in [0.29, 0.717) is 28.6 Å². The third kappa shape index (κ3) is 4.20. The maximum Gasteiger partial charge on any atom is 0.417 e. The first kappa shape index (κ1) is 22.5. The number of aryl methyl sites for hydroxylation is 2. The van der Waals surface area contributed by atoms with Crippen LogP contribution in [0.1, 0.15) is 27.4 Å². The number of halogens is 4. The molecule has 0 aliphatic rings. The van der Waals surface area contributed by atoms with E-state index in [2.05, 4.69) is 20.3 Å². The lowest BCUT2D eigenvalue weighted by Crippen LogP contribution is -2.18. The van der Waals surface area contributed by atoms with Gasteiger partial charge in [0.1, 0.15) is 28.5 Å². The van der Waals surface area contributed by atoms with Gasteiger partial charge in [-0.1, -0.05) is 12.1 Å². The topological polar surface area (TPSA) is 77.6 Å². The molecule has 11 heteroatoms. The van der Waals surface area contributed by atoms with E-state index in [-0.39, 0.29) is 23.3 Å². The summed E-state index contributed by atoms with van der Waals surface area (Å²) in [6.07, 6.45) is -2.40. The molecule has 0 saturated carbocycles. The van der Waals surface area contributed by atoms with E-state index in [9.17, 15) is 22.4 Å². The van der Waals surface area contributed by atoms with Crippen LogP contribution in [-0.4, -0.2) is 30.0 Å². The Morgan fingerprint density at radius 1 is 1.06 bits per heavy atom. The SMILES string of the molecule is Cc1nc2cc(NC(=O)c3cc4cc(C(F)(F)F)cnc4n3Cc3cccc(F)c3)cnc2n1C. The maximum absolute atomic E-state index is 13.8. The molecule has 178 valence electrons. The Kier molecular flexibility index (Phi) is 5.27. The Bertz CT molecular complexity index is 1600. The van der Waals surface area contributed by atoms with Crippen molar-refractivity contribution in [2.45, 2.75) is 19.6 Å². The number of amides is 1. The van der Waals surface area contributed by atoms with Gasteiger partial charge in [-0.05, 0) is 42.8 Å². The first-order chi connectivity index (χ1) is 16.6. The highest BCUT2D eigenvalue weighted by atomic mass is 19.4. The molecule has 0 unspecified atom stereocenters. The smallest absolute Gasteiger partial charge is 0.319 e. The minimum absolute atomic E-state index is 0.0269. The number of nitrogens with one attached hydrogen (secondary N) is 1. The van der Waals surface area contributed by atoms with Crippen molar-refractivity contribution in [2.75, 3.05) is 5.32 Å². The van der Waals surface area contributed by atoms with Crippen LogP contribution in [0.2, 0.25) is 0 Å². The zero-order valence-electron chi connectivity index (χ0n) is 18.6. The number of fused-ring (bicyclic) bond motifs is 2. The third-order valence-corrected chi connectivity index (χ3v) is 5.71. The van der Waals surface area contributed by atoms with Crippen LogP contribution in [0.5, 0.6) is 0 Å². The largest absolute Gasteiger partial charge is 0.417 e. The van der Waals surface area contributed by atoms with Gasteiger partial charge in [0.25, 0.3) is 5.91 Å². The van der Waals surface area contributed by atoms with Crippen molar-refractivity contribution in [1.29, 1.82) is 0 Å². The summed E-state index contributed by atoms with van der Waals surface area (Å²) in [5.41, 5.74) is 1.41. The number of pyridine rings is 2. The number of alkyl halides is 3. The number of rotatable bonds is 4. The van der Waals surface area contributed by atoms with Crippen molar-refractivity contribution in [3.8, 4) is 0 Å². The first-order valence-electron chi connectivity index (χ1n) is 10.5. The second-order valence-electron chi connectivity index (χ2n) is 8.12. The summed E-state index contributed by atoms with van der Waals surface area (Å²) in [6, 6.07) is 9.67. The summed E-state index contributed by atoms with van der Waals surface area (Å²) in [6.45, 7) is 1.85. The van der Waals surface area contributed by atoms with Gasteiger partial charge in [0.05, 0.1) is 17.4 Å². The molecular weight excluding hydrogens is 464 g/mol. The first-order valence-corrected chi connectivity index (χ1v) is 10.5. The molecule has 0 fully saturated rings. The number of imidazole rings is 1. The molecule has 0 aliphatic carbocycles. The highest BCUT2D eigenvalue weighted by Gasteiger charge is 2.32. The van der Waals surface area contributed by atoms with Gasteiger partial charge in [-0.3, -0.25) is 4.79 Å². The second-order valence-corrected chi connectivity index (χ2v) is 8.12. The number of benzene rings is 1. The average molecular weight is 482 g/mol. The van der Waals surface area contributed by atoms with Gasteiger partial charge in [0.15, 0.2) is 5.65 Å². The Hall–Kier alpha value is -4.28. The van der Waals surface area contributed by atoms with E-state index in [1.807, 2.05) is 18.5 Å². The van der Waals surface area contributed by atoms with E-state index in [0.717, 1.165) is 11.9 Å². The Morgan fingerprint density at radius 2 is 1.83 bits per heavy atom. The molecule has 0 aliphatic heterocycles. The molecule has 0 radical (unpaired) electrons. The van der Waals surface area contributed by atoms with Gasteiger partial charge in [-0.25, -0.2) is 19.3 Å². The molecule has 0 atom stereocenters. The third-order valence-electron chi connectivity index (χ3n) is 5.71. The van der Waals surface area contributed by atoms with E-state index in [1.165, 1.54) is 35.0 Å². The number of carbonyl (C=O) groups excluding carboxylic acids is 1. The van der Waals surface area contributed by atoms with Gasteiger partial charge in [0, 0.05) is 25.2 Å². The lowest BCUT2D eigenvalue weighted by atomic mass is 10.2. The van der Waals surface area contributed by atoms with E-state index >= 15 is 0 Å². The monoisotopic (exact) mass is 482 g/mol. The number of hydrogen-bond acceptors (Lipinski definition) is 4. The highest BCUT2D eigenvalue weighted by molar-refractivity contribution is 6.06. The van der Waals surface area contributed by atoms with E-state index in [4.69, 9.17) is 0 Å². The normalized spacial score (nSPS) is 11.9. The summed E-state index contributed by atoms with van der Waals surface area (Å²) >= 11 is 0. The van der Waals surface area contributed by atoms with Gasteiger partial charge in [0.2, 0.25) is 0 Å². The maximum atomic E-state index is 13.8. The molecule has 0 spiro atoms. The van der Waals surface area contributed by atoms with Crippen LogP contribution in [0, 0.1) is 12.7 Å². The number of hydrogen-bond donors (Lipinski definition) is 1. The predicted octanol–water partition coefficient (Wildman–Crippen LogP) is 5.08. The number of anilines is 1. The quantitative estimate of drug-likeness (QED) is 0.362. The lowest BCUT2D eigenvalue weighted by Gasteiger charge is -2.11. The van der Waals surface area contributed by atoms with Crippen LogP contribution >= 0.6 is 0 Å². The molecule has 0 bridgehead atoms. The zero-order valence-corrected chi connectivity index (χ0v) is 18.6. The van der Waals surface area contributed by atoms with Crippen molar-refractivity contribution >= 4 is 33.8 Å². The summed E-state index contributed by atoms with van der Waals surface area (Å²) in [5.74, 6) is -0.304. The standard InChI is InChI=1S/C24H18F4N6O/c1-13-31-19-9-18(11-30-22(19)33(13)2)32-23(35)20-8-15-7-16(24(26,27)28)10-29-21(15)34(20)12-14-4-3-5-17(25)6-14/h3-11H,12H2,1-2H3,(H,32,35). The Balaban J connectivity index is 1.57. The van der Waals surface area contributed by atoms with Crippen molar-refractivity contribution < 1.29 is 22.4 Å². The number of nitrogens with zero attached hydrogens (tertiary/aromatic N) is 5. The molecular formula is C24H18F4N6O. The van der Waals surface area contributed by atoms with Crippen LogP contribution in [-0.2, 0) is 19.8 Å². The van der Waals surface area contributed by atoms with Gasteiger partial charge < -0.3 is 14.5 Å². The van der Waals surface area contributed by atoms with Crippen molar-refractivity contribution in [1.82, 2.24) is 24.1 Å². The fraction of sp³-hybridized carbons (Fsp3) is 0.167. The highest BCUT2D eigenvalue weighted by Crippen LogP contribution is 2.32. The van der Waals surface area contributed by atoms with Crippen LogP contribution < -0.4 is 5.32 Å². The van der Waals surface area contributed by atoms with Crippen molar-refractivity contribution in [3.63, 3.8) is 0 Å². The van der Waals surface area contributed by atoms with E-state index < -0.39 is 23.5 Å². The van der Waals surface area contributed by atoms with Crippen LogP contribution in [0.3, 0.4) is 0 Å². The molecule has 1 amide bonds. The molecule has 1 N–H and O–H groups in total. The molecule has 4 aromatic heterocycles. The van der Waals surface area contributed by atoms with Crippen molar-refractivity contribution in [3.05, 3.63) is 83.3 Å². The summed E-state index contributed by atoms with van der Waals surface area (Å²) in [5, 5.41) is 2.86. The van der Waals surface area contributed by atoms with Gasteiger partial charge in [-0.15, -0.1) is 0 Å². The summed E-state index contributed by atoms with van der Waals surface area (Å²) < 4.78 is 56.7. The molecule has 1 aromatic carbocycles. The fourth-order valence-corrected chi connectivity index (χ4v) is 3.92. The molecule has 5 aromatic rings. The molecule has 5 rings (SSSR count). The molecule has 4 heterocycles.